The Balaban J connectivity index is 1.97. The van der Waals surface area contributed by atoms with Crippen molar-refractivity contribution in [3.63, 3.8) is 0 Å². The van der Waals surface area contributed by atoms with Crippen LogP contribution in [0.2, 0.25) is 0 Å². The summed E-state index contributed by atoms with van der Waals surface area (Å²) in [7, 11) is 1.90. The summed E-state index contributed by atoms with van der Waals surface area (Å²) < 4.78 is 1.78. The smallest absolute Gasteiger partial charge is 0.0774 e. The molecule has 0 aliphatic heterocycles. The lowest BCUT2D eigenvalue weighted by atomic mass is 10.2. The molecule has 0 aliphatic carbocycles. The molecule has 5 nitrogen and oxygen atoms in total. The standard InChI is InChI=1S/C14H21N5/c1-4-19(5-2)13-8-6-12(7-9-13)15-10-14-11-16-17-18(14)3/h6-9,11,15H,4-5,10H2,1-3H3. The van der Waals surface area contributed by atoms with E-state index in [1.165, 1.54) is 5.69 Å². The molecule has 2 rings (SSSR count). The second kappa shape index (κ2) is 6.22. The molecule has 5 heteroatoms. The zero-order valence-corrected chi connectivity index (χ0v) is 11.8. The number of hydrogen-bond acceptors (Lipinski definition) is 4. The van der Waals surface area contributed by atoms with Crippen LogP contribution in [0, 0.1) is 0 Å². The molecule has 0 saturated heterocycles. The minimum absolute atomic E-state index is 0.730. The van der Waals surface area contributed by atoms with Gasteiger partial charge in [0.1, 0.15) is 0 Å². The average Bonchev–Trinajstić information content (AvgIpc) is 2.85. The molecule has 0 atom stereocenters. The minimum atomic E-state index is 0.730. The van der Waals surface area contributed by atoms with Gasteiger partial charge in [0.15, 0.2) is 0 Å². The molecule has 1 aromatic heterocycles. The van der Waals surface area contributed by atoms with Gasteiger partial charge in [-0.05, 0) is 38.1 Å². The molecular weight excluding hydrogens is 238 g/mol. The van der Waals surface area contributed by atoms with Crippen LogP contribution >= 0.6 is 0 Å². The van der Waals surface area contributed by atoms with Crippen LogP contribution in [0.4, 0.5) is 11.4 Å². The van der Waals surface area contributed by atoms with Crippen molar-refractivity contribution in [2.75, 3.05) is 23.3 Å². The van der Waals surface area contributed by atoms with E-state index in [1.54, 1.807) is 10.9 Å². The van der Waals surface area contributed by atoms with Crippen LogP contribution in [0.1, 0.15) is 19.5 Å². The molecule has 0 aliphatic rings. The Morgan fingerprint density at radius 3 is 2.37 bits per heavy atom. The van der Waals surface area contributed by atoms with E-state index in [-0.39, 0.29) is 0 Å². The molecule has 1 heterocycles. The predicted octanol–water partition coefficient (Wildman–Crippen LogP) is 2.27. The second-order valence-electron chi connectivity index (χ2n) is 4.42. The van der Waals surface area contributed by atoms with Crippen molar-refractivity contribution in [2.45, 2.75) is 20.4 Å². The fourth-order valence-electron chi connectivity index (χ4n) is 2.04. The fraction of sp³-hybridized carbons (Fsp3) is 0.429. The summed E-state index contributed by atoms with van der Waals surface area (Å²) in [6.45, 7) is 7.14. The van der Waals surface area contributed by atoms with Gasteiger partial charge in [0, 0.05) is 31.5 Å². The third-order valence-corrected chi connectivity index (χ3v) is 3.28. The van der Waals surface area contributed by atoms with Gasteiger partial charge in [0.2, 0.25) is 0 Å². The summed E-state index contributed by atoms with van der Waals surface area (Å²) in [5.74, 6) is 0. The number of benzene rings is 1. The van der Waals surface area contributed by atoms with E-state index in [9.17, 15) is 0 Å². The largest absolute Gasteiger partial charge is 0.379 e. The number of rotatable bonds is 6. The van der Waals surface area contributed by atoms with Gasteiger partial charge in [-0.2, -0.15) is 0 Å². The number of nitrogens with zero attached hydrogens (tertiary/aromatic N) is 4. The van der Waals surface area contributed by atoms with E-state index in [0.717, 1.165) is 31.0 Å². The first-order chi connectivity index (χ1) is 9.24. The molecule has 0 saturated carbocycles. The minimum Gasteiger partial charge on any atom is -0.379 e. The normalized spacial score (nSPS) is 10.5. The lowest BCUT2D eigenvalue weighted by Crippen LogP contribution is -2.21. The predicted molar refractivity (Wildman–Crippen MR) is 78.3 cm³/mol. The maximum absolute atomic E-state index is 3.91. The van der Waals surface area contributed by atoms with Crippen molar-refractivity contribution in [3.8, 4) is 0 Å². The average molecular weight is 259 g/mol. The van der Waals surface area contributed by atoms with Crippen molar-refractivity contribution in [3.05, 3.63) is 36.2 Å². The van der Waals surface area contributed by atoms with Crippen molar-refractivity contribution < 1.29 is 0 Å². The fourth-order valence-corrected chi connectivity index (χ4v) is 2.04. The molecule has 0 spiro atoms. The Morgan fingerprint density at radius 1 is 1.16 bits per heavy atom. The topological polar surface area (TPSA) is 46.0 Å². The summed E-state index contributed by atoms with van der Waals surface area (Å²) in [4.78, 5) is 2.33. The van der Waals surface area contributed by atoms with Crippen LogP contribution in [-0.2, 0) is 13.6 Å². The first kappa shape index (κ1) is 13.4. The number of nitrogens with one attached hydrogen (secondary N) is 1. The summed E-state index contributed by atoms with van der Waals surface area (Å²) in [5.41, 5.74) is 3.43. The van der Waals surface area contributed by atoms with Gasteiger partial charge in [-0.15, -0.1) is 5.10 Å². The first-order valence-electron chi connectivity index (χ1n) is 6.67. The van der Waals surface area contributed by atoms with Crippen LogP contribution in [0.25, 0.3) is 0 Å². The molecule has 1 N–H and O–H groups in total. The van der Waals surface area contributed by atoms with E-state index >= 15 is 0 Å². The Labute approximate surface area is 114 Å². The third kappa shape index (κ3) is 3.24. The van der Waals surface area contributed by atoms with Crippen LogP contribution in [0.3, 0.4) is 0 Å². The molecule has 102 valence electrons. The van der Waals surface area contributed by atoms with E-state index in [1.807, 2.05) is 7.05 Å². The van der Waals surface area contributed by atoms with Gasteiger partial charge in [-0.3, -0.25) is 4.68 Å². The highest BCUT2D eigenvalue weighted by atomic mass is 15.4. The van der Waals surface area contributed by atoms with Gasteiger partial charge >= 0.3 is 0 Å². The highest BCUT2D eigenvalue weighted by Gasteiger charge is 2.02. The Kier molecular flexibility index (Phi) is 4.39. The van der Waals surface area contributed by atoms with Gasteiger partial charge in [0.05, 0.1) is 18.4 Å². The molecular formula is C14H21N5. The van der Waals surface area contributed by atoms with Crippen LogP contribution in [0.5, 0.6) is 0 Å². The van der Waals surface area contributed by atoms with E-state index in [4.69, 9.17) is 0 Å². The highest BCUT2D eigenvalue weighted by Crippen LogP contribution is 2.18. The van der Waals surface area contributed by atoms with Crippen LogP contribution < -0.4 is 10.2 Å². The molecule has 0 amide bonds. The first-order valence-corrected chi connectivity index (χ1v) is 6.67. The highest BCUT2D eigenvalue weighted by molar-refractivity contribution is 5.55. The zero-order valence-electron chi connectivity index (χ0n) is 11.8. The summed E-state index contributed by atoms with van der Waals surface area (Å²) in [6, 6.07) is 8.52. The molecule has 1 aromatic carbocycles. The molecule has 2 aromatic rings. The number of anilines is 2. The number of hydrogen-bond donors (Lipinski definition) is 1. The van der Waals surface area contributed by atoms with Crippen molar-refractivity contribution in [1.82, 2.24) is 15.0 Å². The van der Waals surface area contributed by atoms with Gasteiger partial charge in [-0.1, -0.05) is 5.21 Å². The van der Waals surface area contributed by atoms with Gasteiger partial charge < -0.3 is 10.2 Å². The summed E-state index contributed by atoms with van der Waals surface area (Å²) in [5, 5.41) is 11.1. The Morgan fingerprint density at radius 2 is 1.84 bits per heavy atom. The van der Waals surface area contributed by atoms with Crippen molar-refractivity contribution in [1.29, 1.82) is 0 Å². The van der Waals surface area contributed by atoms with E-state index in [0.29, 0.717) is 0 Å². The SMILES string of the molecule is CCN(CC)c1ccc(NCc2cnnn2C)cc1. The van der Waals surface area contributed by atoms with E-state index in [2.05, 4.69) is 58.6 Å². The van der Waals surface area contributed by atoms with Gasteiger partial charge in [-0.25, -0.2) is 0 Å². The second-order valence-corrected chi connectivity index (χ2v) is 4.42. The molecule has 19 heavy (non-hydrogen) atoms. The zero-order chi connectivity index (χ0) is 13.7. The maximum atomic E-state index is 3.91. The van der Waals surface area contributed by atoms with Crippen LogP contribution in [0.15, 0.2) is 30.5 Å². The lowest BCUT2D eigenvalue weighted by Gasteiger charge is -2.21. The number of aryl methyl sites for hydroxylation is 1. The van der Waals surface area contributed by atoms with Crippen LogP contribution in [-0.4, -0.2) is 28.1 Å². The monoisotopic (exact) mass is 259 g/mol. The quantitative estimate of drug-likeness (QED) is 0.864. The molecule has 0 radical (unpaired) electrons. The maximum Gasteiger partial charge on any atom is 0.0774 e. The van der Waals surface area contributed by atoms with Crippen molar-refractivity contribution in [2.24, 2.45) is 7.05 Å². The molecule has 0 unspecified atom stereocenters. The third-order valence-electron chi connectivity index (χ3n) is 3.28. The number of aromatic nitrogens is 3. The van der Waals surface area contributed by atoms with Crippen molar-refractivity contribution >= 4 is 11.4 Å². The summed E-state index contributed by atoms with van der Waals surface area (Å²) in [6.07, 6.45) is 1.78. The Hall–Kier alpha value is -2.04. The molecule has 0 bridgehead atoms. The molecule has 0 fully saturated rings. The van der Waals surface area contributed by atoms with Gasteiger partial charge in [0.25, 0.3) is 0 Å². The Bertz CT molecular complexity index is 499. The summed E-state index contributed by atoms with van der Waals surface area (Å²) >= 11 is 0. The van der Waals surface area contributed by atoms with E-state index < -0.39 is 0 Å². The lowest BCUT2D eigenvalue weighted by molar-refractivity contribution is 0.683.